The van der Waals surface area contributed by atoms with Crippen molar-refractivity contribution < 1.29 is 19.4 Å². The van der Waals surface area contributed by atoms with Crippen molar-refractivity contribution in [2.75, 3.05) is 13.2 Å². The maximum atomic E-state index is 12.5. The Morgan fingerprint density at radius 2 is 1.58 bits per heavy atom. The molecule has 2 aromatic carbocycles. The largest absolute Gasteiger partial charge is 0.481 e. The minimum absolute atomic E-state index is 0.0577. The Morgan fingerprint density at radius 3 is 2.04 bits per heavy atom. The van der Waals surface area contributed by atoms with Crippen LogP contribution in [0.4, 0.5) is 0 Å². The van der Waals surface area contributed by atoms with Crippen molar-refractivity contribution in [3.8, 4) is 11.1 Å². The fourth-order valence-electron chi connectivity index (χ4n) is 3.54. The molecule has 0 radical (unpaired) electrons. The van der Waals surface area contributed by atoms with Crippen LogP contribution in [0.1, 0.15) is 30.9 Å². The Morgan fingerprint density at radius 1 is 1.08 bits per heavy atom. The molecule has 0 fully saturated rings. The first-order valence-corrected chi connectivity index (χ1v) is 8.66. The van der Waals surface area contributed by atoms with Gasteiger partial charge < -0.3 is 15.6 Å². The van der Waals surface area contributed by atoms with Crippen molar-refractivity contribution in [1.29, 1.82) is 0 Å². The Labute approximate surface area is 152 Å². The highest BCUT2D eigenvalue weighted by molar-refractivity contribution is 5.84. The minimum Gasteiger partial charge on any atom is -0.481 e. The highest BCUT2D eigenvalue weighted by Gasteiger charge is 2.42. The third-order valence-corrected chi connectivity index (χ3v) is 5.30. The van der Waals surface area contributed by atoms with Crippen molar-refractivity contribution in [2.24, 2.45) is 17.1 Å². The molecule has 0 saturated carbocycles. The number of hydrogen-bond donors (Lipinski definition) is 2. The molecule has 0 aliphatic heterocycles. The molecule has 0 aromatic heterocycles. The van der Waals surface area contributed by atoms with Crippen LogP contribution in [0.2, 0.25) is 0 Å². The number of carbonyl (C=O) groups excluding carboxylic acids is 1. The quantitative estimate of drug-likeness (QED) is 0.779. The van der Waals surface area contributed by atoms with E-state index >= 15 is 0 Å². The average Bonchev–Trinajstić information content (AvgIpc) is 2.94. The first-order chi connectivity index (χ1) is 12.4. The number of hydrogen-bond acceptors (Lipinski definition) is 4. The predicted octanol–water partition coefficient (Wildman–Crippen LogP) is 3.03. The van der Waals surface area contributed by atoms with Crippen LogP contribution in [0.3, 0.4) is 0 Å². The van der Waals surface area contributed by atoms with E-state index < -0.39 is 23.3 Å². The van der Waals surface area contributed by atoms with E-state index in [0.29, 0.717) is 0 Å². The van der Waals surface area contributed by atoms with Gasteiger partial charge in [0.05, 0.1) is 11.3 Å². The van der Waals surface area contributed by atoms with E-state index in [0.717, 1.165) is 22.3 Å². The first kappa shape index (κ1) is 18.1. The molecular formula is C21H23NO4. The van der Waals surface area contributed by atoms with E-state index in [1.807, 2.05) is 36.4 Å². The zero-order valence-electron chi connectivity index (χ0n) is 14.9. The fraction of sp³-hybridized carbons (Fsp3) is 0.333. The number of ether oxygens (including phenoxy) is 1. The number of carboxylic acids is 1. The number of carbonyl (C=O) groups is 2. The Hall–Kier alpha value is -2.66. The smallest absolute Gasteiger partial charge is 0.311 e. The summed E-state index contributed by atoms with van der Waals surface area (Å²) in [6.07, 6.45) is 0. The van der Waals surface area contributed by atoms with E-state index in [2.05, 4.69) is 12.1 Å². The monoisotopic (exact) mass is 353 g/mol. The lowest BCUT2D eigenvalue weighted by atomic mass is 9.79. The molecule has 1 atom stereocenters. The van der Waals surface area contributed by atoms with Crippen LogP contribution in [0, 0.1) is 11.3 Å². The second kappa shape index (κ2) is 6.92. The highest BCUT2D eigenvalue weighted by Crippen LogP contribution is 2.44. The van der Waals surface area contributed by atoms with Gasteiger partial charge in [0.2, 0.25) is 0 Å². The van der Waals surface area contributed by atoms with Gasteiger partial charge in [-0.15, -0.1) is 0 Å². The molecule has 5 heteroatoms. The van der Waals surface area contributed by atoms with E-state index in [1.165, 1.54) is 13.8 Å². The Balaban J connectivity index is 1.82. The van der Waals surface area contributed by atoms with E-state index in [-0.39, 0.29) is 19.1 Å². The summed E-state index contributed by atoms with van der Waals surface area (Å²) in [5.74, 6) is -2.59. The van der Waals surface area contributed by atoms with Crippen molar-refractivity contribution in [3.63, 3.8) is 0 Å². The summed E-state index contributed by atoms with van der Waals surface area (Å²) < 4.78 is 5.55. The minimum atomic E-state index is -1.28. The van der Waals surface area contributed by atoms with Crippen LogP contribution < -0.4 is 5.73 Å². The summed E-state index contributed by atoms with van der Waals surface area (Å²) in [5.41, 5.74) is 8.91. The molecule has 26 heavy (non-hydrogen) atoms. The number of rotatable bonds is 6. The van der Waals surface area contributed by atoms with Crippen LogP contribution in [0.25, 0.3) is 11.1 Å². The molecule has 1 aliphatic carbocycles. The summed E-state index contributed by atoms with van der Waals surface area (Å²) >= 11 is 0. The van der Waals surface area contributed by atoms with Crippen LogP contribution in [-0.4, -0.2) is 30.2 Å². The molecule has 0 heterocycles. The molecule has 136 valence electrons. The van der Waals surface area contributed by atoms with Crippen molar-refractivity contribution >= 4 is 11.9 Å². The van der Waals surface area contributed by atoms with E-state index in [9.17, 15) is 14.7 Å². The van der Waals surface area contributed by atoms with E-state index in [1.54, 1.807) is 0 Å². The third kappa shape index (κ3) is 2.99. The zero-order valence-corrected chi connectivity index (χ0v) is 14.9. The van der Waals surface area contributed by atoms with Gasteiger partial charge in [-0.2, -0.15) is 0 Å². The number of carboxylic acid groups (broad SMARTS) is 1. The normalized spacial score (nSPS) is 14.4. The van der Waals surface area contributed by atoms with Gasteiger partial charge in [0.1, 0.15) is 6.61 Å². The standard InChI is InChI=1S/C21H23NO4/c1-21(2,20(24)25)18(11-22)19(23)26-12-17-15-9-5-3-7-13(15)14-8-4-6-10-16(14)17/h3-10,17-18H,11-12,22H2,1-2H3,(H,24,25). The summed E-state index contributed by atoms with van der Waals surface area (Å²) in [6.45, 7) is 3.08. The molecule has 3 N–H and O–H groups in total. The number of nitrogens with two attached hydrogens (primary N) is 1. The van der Waals surface area contributed by atoms with E-state index in [4.69, 9.17) is 10.5 Å². The van der Waals surface area contributed by atoms with Gasteiger partial charge in [-0.25, -0.2) is 0 Å². The van der Waals surface area contributed by atoms with Gasteiger partial charge in [-0.05, 0) is 36.1 Å². The van der Waals surface area contributed by atoms with Gasteiger partial charge in [0, 0.05) is 12.5 Å². The molecule has 2 aromatic rings. The van der Waals surface area contributed by atoms with Gasteiger partial charge in [-0.1, -0.05) is 48.5 Å². The fourth-order valence-corrected chi connectivity index (χ4v) is 3.54. The summed E-state index contributed by atoms with van der Waals surface area (Å²) in [7, 11) is 0. The second-order valence-corrected chi connectivity index (χ2v) is 7.17. The zero-order chi connectivity index (χ0) is 18.9. The first-order valence-electron chi connectivity index (χ1n) is 8.66. The third-order valence-electron chi connectivity index (χ3n) is 5.30. The Bertz CT molecular complexity index is 798. The molecule has 0 saturated heterocycles. The van der Waals surface area contributed by atoms with Crippen LogP contribution in [0.15, 0.2) is 48.5 Å². The lowest BCUT2D eigenvalue weighted by Gasteiger charge is -2.28. The molecule has 5 nitrogen and oxygen atoms in total. The van der Waals surface area contributed by atoms with Gasteiger partial charge >= 0.3 is 11.9 Å². The van der Waals surface area contributed by atoms with Crippen molar-refractivity contribution in [2.45, 2.75) is 19.8 Å². The summed E-state index contributed by atoms with van der Waals surface area (Å²) in [4.78, 5) is 24.0. The number of benzene rings is 2. The molecule has 0 amide bonds. The van der Waals surface area contributed by atoms with Crippen molar-refractivity contribution in [3.05, 3.63) is 59.7 Å². The van der Waals surface area contributed by atoms with Crippen molar-refractivity contribution in [1.82, 2.24) is 0 Å². The molecule has 3 rings (SSSR count). The molecular weight excluding hydrogens is 330 g/mol. The number of fused-ring (bicyclic) bond motifs is 3. The highest BCUT2D eigenvalue weighted by atomic mass is 16.5. The predicted molar refractivity (Wildman–Crippen MR) is 98.6 cm³/mol. The van der Waals surface area contributed by atoms with Gasteiger partial charge in [0.15, 0.2) is 0 Å². The maximum Gasteiger partial charge on any atom is 0.311 e. The average molecular weight is 353 g/mol. The molecule has 1 unspecified atom stereocenters. The van der Waals surface area contributed by atoms with Crippen LogP contribution in [0.5, 0.6) is 0 Å². The molecule has 0 spiro atoms. The lowest BCUT2D eigenvalue weighted by molar-refractivity contribution is -0.163. The molecule has 0 bridgehead atoms. The number of esters is 1. The topological polar surface area (TPSA) is 89.6 Å². The number of aliphatic carboxylic acids is 1. The van der Waals surface area contributed by atoms with Crippen LogP contribution >= 0.6 is 0 Å². The summed E-state index contributed by atoms with van der Waals surface area (Å²) in [5, 5.41) is 9.37. The van der Waals surface area contributed by atoms with Gasteiger partial charge in [-0.3, -0.25) is 9.59 Å². The SMILES string of the molecule is CC(C)(C(=O)O)C(CN)C(=O)OCC1c2ccccc2-c2ccccc21. The maximum absolute atomic E-state index is 12.5. The van der Waals surface area contributed by atoms with Crippen LogP contribution in [-0.2, 0) is 14.3 Å². The Kier molecular flexibility index (Phi) is 4.83. The second-order valence-electron chi connectivity index (χ2n) is 7.17. The molecule has 1 aliphatic rings. The lowest BCUT2D eigenvalue weighted by Crippen LogP contribution is -2.43. The summed E-state index contributed by atoms with van der Waals surface area (Å²) in [6, 6.07) is 16.1. The van der Waals surface area contributed by atoms with Gasteiger partial charge in [0.25, 0.3) is 0 Å².